The van der Waals surface area contributed by atoms with Crippen molar-refractivity contribution >= 4 is 0 Å². The molecule has 0 saturated carbocycles. The number of benzene rings is 1. The van der Waals surface area contributed by atoms with Crippen LogP contribution in [0.5, 0.6) is 0 Å². The molecule has 1 aliphatic heterocycles. The lowest BCUT2D eigenvalue weighted by atomic mass is 10.2. The monoisotopic (exact) mass is 261 g/mol. The Morgan fingerprint density at radius 3 is 3.16 bits per heavy atom. The fourth-order valence-electron chi connectivity index (χ4n) is 2.31. The van der Waals surface area contributed by atoms with Gasteiger partial charge in [0.2, 0.25) is 0 Å². The Labute approximate surface area is 111 Å². The Hall–Kier alpha value is -1.72. The molecule has 100 valence electrons. The minimum atomic E-state index is -0.256. The van der Waals surface area contributed by atoms with E-state index in [1.165, 1.54) is 6.07 Å². The highest BCUT2D eigenvalue weighted by Gasteiger charge is 2.21. The molecule has 1 unspecified atom stereocenters. The lowest BCUT2D eigenvalue weighted by Gasteiger charge is -2.24. The third kappa shape index (κ3) is 2.39. The Kier molecular flexibility index (Phi) is 3.31. The van der Waals surface area contributed by atoms with Crippen LogP contribution in [0, 0.1) is 12.7 Å². The quantitative estimate of drug-likeness (QED) is 0.898. The maximum Gasteiger partial charge on any atom is 0.147 e. The molecule has 0 amide bonds. The van der Waals surface area contributed by atoms with Gasteiger partial charge in [-0.1, -0.05) is 6.07 Å². The van der Waals surface area contributed by atoms with Gasteiger partial charge in [0.05, 0.1) is 30.5 Å². The van der Waals surface area contributed by atoms with E-state index in [4.69, 9.17) is 4.74 Å². The fourth-order valence-corrected chi connectivity index (χ4v) is 2.31. The summed E-state index contributed by atoms with van der Waals surface area (Å²) in [4.78, 5) is 4.13. The van der Waals surface area contributed by atoms with Gasteiger partial charge in [0.15, 0.2) is 0 Å². The molecular formula is C14H16FN3O. The first-order valence-electron chi connectivity index (χ1n) is 6.37. The van der Waals surface area contributed by atoms with Crippen LogP contribution in [-0.4, -0.2) is 29.2 Å². The van der Waals surface area contributed by atoms with Crippen LogP contribution < -0.4 is 5.32 Å². The van der Waals surface area contributed by atoms with Crippen LogP contribution in [0.3, 0.4) is 0 Å². The molecule has 0 spiro atoms. The predicted molar refractivity (Wildman–Crippen MR) is 69.8 cm³/mol. The maximum atomic E-state index is 14.0. The Balaban J connectivity index is 2.01. The SMILES string of the molecule is Cc1ccc(F)c(-n2cncc2C2CNCCO2)c1. The van der Waals surface area contributed by atoms with Crippen LogP contribution in [0.2, 0.25) is 0 Å². The van der Waals surface area contributed by atoms with Gasteiger partial charge in [-0.15, -0.1) is 0 Å². The van der Waals surface area contributed by atoms with Gasteiger partial charge < -0.3 is 10.1 Å². The second-order valence-electron chi connectivity index (χ2n) is 4.71. The predicted octanol–water partition coefficient (Wildman–Crippen LogP) is 1.98. The van der Waals surface area contributed by atoms with Crippen molar-refractivity contribution in [3.05, 3.63) is 47.8 Å². The number of ether oxygens (including phenoxy) is 1. The van der Waals surface area contributed by atoms with Crippen LogP contribution in [0.15, 0.2) is 30.7 Å². The smallest absolute Gasteiger partial charge is 0.147 e. The second-order valence-corrected chi connectivity index (χ2v) is 4.71. The third-order valence-corrected chi connectivity index (χ3v) is 3.29. The normalized spacial score (nSPS) is 19.6. The van der Waals surface area contributed by atoms with Crippen molar-refractivity contribution in [1.82, 2.24) is 14.9 Å². The number of hydrogen-bond acceptors (Lipinski definition) is 3. The Morgan fingerprint density at radius 1 is 1.47 bits per heavy atom. The molecule has 1 aromatic heterocycles. The van der Waals surface area contributed by atoms with Crippen molar-refractivity contribution in [1.29, 1.82) is 0 Å². The largest absolute Gasteiger partial charge is 0.369 e. The summed E-state index contributed by atoms with van der Waals surface area (Å²) in [6.45, 7) is 4.17. The molecular weight excluding hydrogens is 245 g/mol. The minimum Gasteiger partial charge on any atom is -0.369 e. The van der Waals surface area contributed by atoms with Crippen molar-refractivity contribution < 1.29 is 9.13 Å². The summed E-state index contributed by atoms with van der Waals surface area (Å²) in [6.07, 6.45) is 3.28. The van der Waals surface area contributed by atoms with E-state index >= 15 is 0 Å². The summed E-state index contributed by atoms with van der Waals surface area (Å²) in [6, 6.07) is 5.05. The van der Waals surface area contributed by atoms with Crippen molar-refractivity contribution in [3.8, 4) is 5.69 Å². The highest BCUT2D eigenvalue weighted by molar-refractivity contribution is 5.39. The Morgan fingerprint density at radius 2 is 2.37 bits per heavy atom. The number of hydrogen-bond donors (Lipinski definition) is 1. The summed E-state index contributed by atoms with van der Waals surface area (Å²) in [5, 5.41) is 3.27. The number of aromatic nitrogens is 2. The second kappa shape index (κ2) is 5.11. The van der Waals surface area contributed by atoms with E-state index in [1.54, 1.807) is 23.2 Å². The highest BCUT2D eigenvalue weighted by Crippen LogP contribution is 2.24. The first-order valence-corrected chi connectivity index (χ1v) is 6.37. The van der Waals surface area contributed by atoms with Gasteiger partial charge in [-0.2, -0.15) is 0 Å². The summed E-state index contributed by atoms with van der Waals surface area (Å²) in [5.74, 6) is -0.256. The van der Waals surface area contributed by atoms with Gasteiger partial charge in [0.25, 0.3) is 0 Å². The third-order valence-electron chi connectivity index (χ3n) is 3.29. The van der Waals surface area contributed by atoms with E-state index in [1.807, 2.05) is 13.0 Å². The molecule has 2 aromatic rings. The molecule has 1 saturated heterocycles. The molecule has 3 rings (SSSR count). The van der Waals surface area contributed by atoms with E-state index in [9.17, 15) is 4.39 Å². The van der Waals surface area contributed by atoms with Crippen molar-refractivity contribution in [2.45, 2.75) is 13.0 Å². The van der Waals surface area contributed by atoms with Crippen molar-refractivity contribution in [2.24, 2.45) is 0 Å². The van der Waals surface area contributed by atoms with Crippen LogP contribution in [0.4, 0.5) is 4.39 Å². The first kappa shape index (κ1) is 12.3. The molecule has 1 N–H and O–H groups in total. The van der Waals surface area contributed by atoms with Crippen LogP contribution in [0.1, 0.15) is 17.4 Å². The molecule has 1 aliphatic rings. The number of halogens is 1. The summed E-state index contributed by atoms with van der Waals surface area (Å²) in [7, 11) is 0. The lowest BCUT2D eigenvalue weighted by Crippen LogP contribution is -2.34. The van der Waals surface area contributed by atoms with Gasteiger partial charge in [-0.3, -0.25) is 4.57 Å². The zero-order chi connectivity index (χ0) is 13.2. The van der Waals surface area contributed by atoms with Gasteiger partial charge in [0.1, 0.15) is 11.9 Å². The van der Waals surface area contributed by atoms with Crippen LogP contribution >= 0.6 is 0 Å². The molecule has 0 radical (unpaired) electrons. The van der Waals surface area contributed by atoms with Gasteiger partial charge >= 0.3 is 0 Å². The number of nitrogens with zero attached hydrogens (tertiary/aromatic N) is 2. The topological polar surface area (TPSA) is 39.1 Å². The molecule has 2 heterocycles. The van der Waals surface area contributed by atoms with E-state index in [0.717, 1.165) is 24.3 Å². The van der Waals surface area contributed by atoms with E-state index in [0.29, 0.717) is 12.3 Å². The first-order chi connectivity index (χ1) is 9.25. The molecule has 0 aliphatic carbocycles. The number of rotatable bonds is 2. The number of morpholine rings is 1. The van der Waals surface area contributed by atoms with E-state index < -0.39 is 0 Å². The van der Waals surface area contributed by atoms with Crippen molar-refractivity contribution in [2.75, 3.05) is 19.7 Å². The molecule has 1 atom stereocenters. The number of nitrogens with one attached hydrogen (secondary N) is 1. The number of aryl methyl sites for hydroxylation is 1. The van der Waals surface area contributed by atoms with Crippen LogP contribution in [0.25, 0.3) is 5.69 Å². The standard InChI is InChI=1S/C14H16FN3O/c1-10-2-3-11(15)12(6-10)18-9-17-7-13(18)14-8-16-4-5-19-14/h2-3,6-7,9,14,16H,4-5,8H2,1H3. The zero-order valence-corrected chi connectivity index (χ0v) is 10.8. The van der Waals surface area contributed by atoms with Gasteiger partial charge in [0, 0.05) is 13.1 Å². The van der Waals surface area contributed by atoms with E-state index in [2.05, 4.69) is 10.3 Å². The van der Waals surface area contributed by atoms with Crippen molar-refractivity contribution in [3.63, 3.8) is 0 Å². The molecule has 4 nitrogen and oxygen atoms in total. The van der Waals surface area contributed by atoms with E-state index in [-0.39, 0.29) is 11.9 Å². The average Bonchev–Trinajstić information content (AvgIpc) is 2.91. The number of imidazole rings is 1. The molecule has 1 fully saturated rings. The molecule has 19 heavy (non-hydrogen) atoms. The maximum absolute atomic E-state index is 14.0. The molecule has 5 heteroatoms. The van der Waals surface area contributed by atoms with Crippen LogP contribution in [-0.2, 0) is 4.74 Å². The molecule has 1 aromatic carbocycles. The lowest BCUT2D eigenvalue weighted by molar-refractivity contribution is 0.0240. The fraction of sp³-hybridized carbons (Fsp3) is 0.357. The summed E-state index contributed by atoms with van der Waals surface area (Å²) in [5.41, 5.74) is 2.40. The molecule has 0 bridgehead atoms. The summed E-state index contributed by atoms with van der Waals surface area (Å²) >= 11 is 0. The van der Waals surface area contributed by atoms with Gasteiger partial charge in [-0.05, 0) is 24.6 Å². The Bertz CT molecular complexity index is 576. The minimum absolute atomic E-state index is 0.0869. The highest BCUT2D eigenvalue weighted by atomic mass is 19.1. The average molecular weight is 261 g/mol. The summed E-state index contributed by atoms with van der Waals surface area (Å²) < 4.78 is 21.4. The zero-order valence-electron chi connectivity index (χ0n) is 10.8. The van der Waals surface area contributed by atoms with Gasteiger partial charge in [-0.25, -0.2) is 9.37 Å².